The van der Waals surface area contributed by atoms with Crippen LogP contribution in [0.25, 0.3) is 0 Å². The van der Waals surface area contributed by atoms with Crippen molar-refractivity contribution in [2.24, 2.45) is 5.92 Å². The molecular weight excluding hydrogens is 126 g/mol. The molecule has 10 heavy (non-hydrogen) atoms. The molecule has 0 fully saturated rings. The molecule has 2 atom stereocenters. The van der Waals surface area contributed by atoms with Crippen molar-refractivity contribution in [1.82, 2.24) is 4.90 Å². The zero-order chi connectivity index (χ0) is 8.15. The van der Waals surface area contributed by atoms with Crippen molar-refractivity contribution in [2.45, 2.75) is 32.9 Å². The molecule has 0 amide bonds. The van der Waals surface area contributed by atoms with Crippen molar-refractivity contribution in [3.8, 4) is 0 Å². The van der Waals surface area contributed by atoms with E-state index in [0.29, 0.717) is 5.92 Å². The maximum Gasteiger partial charge on any atom is 0.107 e. The topological polar surface area (TPSA) is 23.5 Å². The van der Waals surface area contributed by atoms with Crippen LogP contribution in [-0.4, -0.2) is 30.3 Å². The van der Waals surface area contributed by atoms with Crippen LogP contribution in [0.2, 0.25) is 0 Å². The van der Waals surface area contributed by atoms with Gasteiger partial charge in [-0.25, -0.2) is 0 Å². The summed E-state index contributed by atoms with van der Waals surface area (Å²) in [5.41, 5.74) is 0. The van der Waals surface area contributed by atoms with Crippen LogP contribution in [0.15, 0.2) is 0 Å². The van der Waals surface area contributed by atoms with Gasteiger partial charge in [0, 0.05) is 0 Å². The molecule has 0 aliphatic heterocycles. The van der Waals surface area contributed by atoms with Crippen LogP contribution in [-0.2, 0) is 0 Å². The molecule has 0 bridgehead atoms. The molecule has 0 aromatic rings. The molecule has 0 aromatic heterocycles. The van der Waals surface area contributed by atoms with Gasteiger partial charge in [0.05, 0.1) is 0 Å². The highest BCUT2D eigenvalue weighted by Gasteiger charge is 2.09. The van der Waals surface area contributed by atoms with E-state index in [0.717, 1.165) is 12.8 Å². The van der Waals surface area contributed by atoms with Gasteiger partial charge in [-0.3, -0.25) is 4.90 Å². The van der Waals surface area contributed by atoms with Gasteiger partial charge in [0.1, 0.15) is 6.23 Å². The average Bonchev–Trinajstić information content (AvgIpc) is 1.87. The normalized spacial score (nSPS) is 17.4. The highest BCUT2D eigenvalue weighted by atomic mass is 16.3. The average molecular weight is 145 g/mol. The minimum Gasteiger partial charge on any atom is -0.378 e. The maximum absolute atomic E-state index is 9.35. The third-order valence-corrected chi connectivity index (χ3v) is 1.91. The first kappa shape index (κ1) is 9.92. The van der Waals surface area contributed by atoms with Gasteiger partial charge < -0.3 is 5.11 Å². The molecule has 0 rings (SSSR count). The number of nitrogens with zero attached hydrogens (tertiary/aromatic N) is 1. The smallest absolute Gasteiger partial charge is 0.107 e. The Kier molecular flexibility index (Phi) is 4.65. The monoisotopic (exact) mass is 145 g/mol. The zero-order valence-corrected chi connectivity index (χ0v) is 7.46. The lowest BCUT2D eigenvalue weighted by atomic mass is 10.0. The zero-order valence-electron chi connectivity index (χ0n) is 7.46. The van der Waals surface area contributed by atoms with Crippen LogP contribution in [0.1, 0.15) is 26.7 Å². The van der Waals surface area contributed by atoms with Gasteiger partial charge in [0.2, 0.25) is 0 Å². The maximum atomic E-state index is 9.35. The van der Waals surface area contributed by atoms with Gasteiger partial charge in [-0.05, 0) is 26.4 Å². The summed E-state index contributed by atoms with van der Waals surface area (Å²) in [7, 11) is 3.79. The van der Waals surface area contributed by atoms with E-state index in [9.17, 15) is 5.11 Å². The van der Waals surface area contributed by atoms with Crippen molar-refractivity contribution in [3.63, 3.8) is 0 Å². The molecule has 0 radical (unpaired) electrons. The molecule has 1 N–H and O–H groups in total. The van der Waals surface area contributed by atoms with E-state index in [1.165, 1.54) is 0 Å². The summed E-state index contributed by atoms with van der Waals surface area (Å²) in [4.78, 5) is 1.84. The molecule has 0 spiro atoms. The summed E-state index contributed by atoms with van der Waals surface area (Å²) >= 11 is 0. The number of aliphatic hydroxyl groups excluding tert-OH is 1. The Labute approximate surface area is 63.8 Å². The van der Waals surface area contributed by atoms with Crippen molar-refractivity contribution in [2.75, 3.05) is 14.1 Å². The Bertz CT molecular complexity index is 83.3. The van der Waals surface area contributed by atoms with Crippen LogP contribution in [0.3, 0.4) is 0 Å². The fourth-order valence-corrected chi connectivity index (χ4v) is 0.737. The highest BCUT2D eigenvalue weighted by Crippen LogP contribution is 2.10. The molecule has 62 valence electrons. The predicted octanol–water partition coefficient (Wildman–Crippen LogP) is 1.30. The van der Waals surface area contributed by atoms with Crippen molar-refractivity contribution in [3.05, 3.63) is 0 Å². The van der Waals surface area contributed by atoms with Crippen LogP contribution in [0, 0.1) is 5.92 Å². The standard InChI is InChI=1S/C8H19NO/c1-5-7(2)6-8(10)9(3)4/h7-8,10H,5-6H2,1-4H3. The lowest BCUT2D eigenvalue weighted by Gasteiger charge is -2.20. The summed E-state index contributed by atoms with van der Waals surface area (Å²) in [6, 6.07) is 0. The van der Waals surface area contributed by atoms with E-state index in [-0.39, 0.29) is 6.23 Å². The molecule has 0 aliphatic carbocycles. The largest absolute Gasteiger partial charge is 0.378 e. The molecule has 0 aromatic carbocycles. The lowest BCUT2D eigenvalue weighted by Crippen LogP contribution is -2.28. The summed E-state index contributed by atoms with van der Waals surface area (Å²) in [6.07, 6.45) is 1.75. The summed E-state index contributed by atoms with van der Waals surface area (Å²) < 4.78 is 0. The van der Waals surface area contributed by atoms with Gasteiger partial charge in [0.25, 0.3) is 0 Å². The summed E-state index contributed by atoms with van der Waals surface area (Å²) in [6.45, 7) is 4.31. The first-order chi connectivity index (χ1) is 4.57. The minimum atomic E-state index is -0.269. The Morgan fingerprint density at radius 2 is 1.90 bits per heavy atom. The van der Waals surface area contributed by atoms with E-state index < -0.39 is 0 Å². The number of hydrogen-bond donors (Lipinski definition) is 1. The highest BCUT2D eigenvalue weighted by molar-refractivity contribution is 4.57. The van der Waals surface area contributed by atoms with E-state index in [4.69, 9.17) is 0 Å². The van der Waals surface area contributed by atoms with E-state index >= 15 is 0 Å². The van der Waals surface area contributed by atoms with Crippen LogP contribution >= 0.6 is 0 Å². The fourth-order valence-electron chi connectivity index (χ4n) is 0.737. The Morgan fingerprint density at radius 1 is 1.40 bits per heavy atom. The second-order valence-corrected chi connectivity index (χ2v) is 3.19. The van der Waals surface area contributed by atoms with Crippen LogP contribution in [0.5, 0.6) is 0 Å². The van der Waals surface area contributed by atoms with E-state index in [1.807, 2.05) is 19.0 Å². The first-order valence-electron chi connectivity index (χ1n) is 3.92. The van der Waals surface area contributed by atoms with Crippen LogP contribution < -0.4 is 0 Å². The van der Waals surface area contributed by atoms with Gasteiger partial charge in [-0.1, -0.05) is 20.3 Å². The van der Waals surface area contributed by atoms with Gasteiger partial charge in [0.15, 0.2) is 0 Å². The van der Waals surface area contributed by atoms with E-state index in [1.54, 1.807) is 0 Å². The van der Waals surface area contributed by atoms with Gasteiger partial charge >= 0.3 is 0 Å². The molecule has 2 unspecified atom stereocenters. The fraction of sp³-hybridized carbons (Fsp3) is 1.00. The Balaban J connectivity index is 3.46. The predicted molar refractivity (Wildman–Crippen MR) is 43.8 cm³/mol. The quantitative estimate of drug-likeness (QED) is 0.603. The number of aliphatic hydroxyl groups is 1. The third-order valence-electron chi connectivity index (χ3n) is 1.91. The second kappa shape index (κ2) is 4.69. The van der Waals surface area contributed by atoms with Crippen molar-refractivity contribution >= 4 is 0 Å². The molecule has 0 heterocycles. The molecular formula is C8H19NO. The van der Waals surface area contributed by atoms with Crippen molar-refractivity contribution in [1.29, 1.82) is 0 Å². The van der Waals surface area contributed by atoms with Gasteiger partial charge in [-0.2, -0.15) is 0 Å². The summed E-state index contributed by atoms with van der Waals surface area (Å²) in [5, 5.41) is 9.35. The minimum absolute atomic E-state index is 0.269. The Hall–Kier alpha value is -0.0800. The molecule has 0 aliphatic rings. The van der Waals surface area contributed by atoms with Gasteiger partial charge in [-0.15, -0.1) is 0 Å². The van der Waals surface area contributed by atoms with Crippen molar-refractivity contribution < 1.29 is 5.11 Å². The Morgan fingerprint density at radius 3 is 2.20 bits per heavy atom. The molecule has 0 saturated heterocycles. The summed E-state index contributed by atoms with van der Waals surface area (Å²) in [5.74, 6) is 0.623. The lowest BCUT2D eigenvalue weighted by molar-refractivity contribution is 0.0211. The molecule has 0 saturated carbocycles. The molecule has 2 nitrogen and oxygen atoms in total. The number of hydrogen-bond acceptors (Lipinski definition) is 2. The SMILES string of the molecule is CCC(C)CC(O)N(C)C. The number of rotatable bonds is 4. The first-order valence-corrected chi connectivity index (χ1v) is 3.92. The van der Waals surface area contributed by atoms with E-state index in [2.05, 4.69) is 13.8 Å². The second-order valence-electron chi connectivity index (χ2n) is 3.19. The third kappa shape index (κ3) is 3.85. The molecule has 2 heteroatoms. The van der Waals surface area contributed by atoms with Crippen LogP contribution in [0.4, 0.5) is 0 Å².